The smallest absolute Gasteiger partial charge is 0.306 e. The lowest BCUT2D eigenvalue weighted by molar-refractivity contribution is -0.141. The summed E-state index contributed by atoms with van der Waals surface area (Å²) in [7, 11) is 0. The first kappa shape index (κ1) is 19.7. The third-order valence-electron chi connectivity index (χ3n) is 4.43. The second-order valence-electron chi connectivity index (χ2n) is 7.79. The van der Waals surface area contributed by atoms with Gasteiger partial charge in [-0.05, 0) is 35.8 Å². The van der Waals surface area contributed by atoms with Gasteiger partial charge in [-0.1, -0.05) is 71.2 Å². The minimum atomic E-state index is -0.736. The lowest BCUT2D eigenvalue weighted by Gasteiger charge is -2.19. The second-order valence-corrected chi connectivity index (χ2v) is 7.79. The molecular weight excluding hydrogens is 286 g/mol. The van der Waals surface area contributed by atoms with E-state index < -0.39 is 5.97 Å². The standard InChI is InChI=1S/C14H20O2.C6H13N/c1-10(13(15)16)9-11-5-7-12(8-6-11)14(2,3)4;7-6-4-2-1-3-5-6/h5-8,10H,9H2,1-4H3,(H,15,16);6H,1-5,7H2. The van der Waals surface area contributed by atoms with Crippen molar-refractivity contribution in [2.24, 2.45) is 11.7 Å². The van der Waals surface area contributed by atoms with Crippen LogP contribution >= 0.6 is 0 Å². The van der Waals surface area contributed by atoms with Crippen LogP contribution in [0.4, 0.5) is 0 Å². The lowest BCUT2D eigenvalue weighted by Crippen LogP contribution is -2.22. The quantitative estimate of drug-likeness (QED) is 0.860. The van der Waals surface area contributed by atoms with Gasteiger partial charge in [-0.3, -0.25) is 4.79 Å². The van der Waals surface area contributed by atoms with E-state index in [0.29, 0.717) is 12.5 Å². The van der Waals surface area contributed by atoms with Crippen LogP contribution in [0, 0.1) is 5.92 Å². The Morgan fingerprint density at radius 1 is 1.17 bits per heavy atom. The van der Waals surface area contributed by atoms with Crippen molar-refractivity contribution in [1.29, 1.82) is 0 Å². The Morgan fingerprint density at radius 3 is 2.04 bits per heavy atom. The molecule has 0 heterocycles. The van der Waals surface area contributed by atoms with Crippen LogP contribution in [0.5, 0.6) is 0 Å². The minimum absolute atomic E-state index is 0.150. The molecule has 3 nitrogen and oxygen atoms in total. The van der Waals surface area contributed by atoms with Crippen LogP contribution in [-0.2, 0) is 16.6 Å². The fourth-order valence-corrected chi connectivity index (χ4v) is 2.72. The summed E-state index contributed by atoms with van der Waals surface area (Å²) in [4.78, 5) is 10.7. The van der Waals surface area contributed by atoms with E-state index in [1.54, 1.807) is 6.92 Å². The molecule has 1 aromatic rings. The van der Waals surface area contributed by atoms with Gasteiger partial charge in [0.15, 0.2) is 0 Å². The van der Waals surface area contributed by atoms with Gasteiger partial charge in [-0.15, -0.1) is 0 Å². The van der Waals surface area contributed by atoms with E-state index in [1.165, 1.54) is 37.7 Å². The van der Waals surface area contributed by atoms with Crippen molar-refractivity contribution in [2.45, 2.75) is 77.7 Å². The molecule has 2 rings (SSSR count). The van der Waals surface area contributed by atoms with E-state index in [-0.39, 0.29) is 11.3 Å². The van der Waals surface area contributed by atoms with Crippen molar-refractivity contribution in [3.8, 4) is 0 Å². The second kappa shape index (κ2) is 9.07. The predicted molar refractivity (Wildman–Crippen MR) is 96.7 cm³/mol. The molecule has 0 amide bonds. The molecule has 0 aliphatic heterocycles. The Morgan fingerprint density at radius 2 is 1.70 bits per heavy atom. The highest BCUT2D eigenvalue weighted by Gasteiger charge is 2.15. The summed E-state index contributed by atoms with van der Waals surface area (Å²) in [6.45, 7) is 8.24. The molecule has 3 heteroatoms. The van der Waals surface area contributed by atoms with Gasteiger partial charge in [0.2, 0.25) is 0 Å². The predicted octanol–water partition coefficient (Wildman–Crippen LogP) is 4.53. The minimum Gasteiger partial charge on any atom is -0.481 e. The molecule has 130 valence electrons. The zero-order valence-corrected chi connectivity index (χ0v) is 15.1. The third-order valence-corrected chi connectivity index (χ3v) is 4.43. The molecule has 0 spiro atoms. The first-order valence-electron chi connectivity index (χ1n) is 8.78. The Bertz CT molecular complexity index is 467. The number of benzene rings is 1. The van der Waals surface area contributed by atoms with Crippen molar-refractivity contribution >= 4 is 5.97 Å². The van der Waals surface area contributed by atoms with Crippen molar-refractivity contribution in [1.82, 2.24) is 0 Å². The number of hydrogen-bond donors (Lipinski definition) is 2. The largest absolute Gasteiger partial charge is 0.481 e. The molecule has 1 aliphatic rings. The van der Waals surface area contributed by atoms with Crippen molar-refractivity contribution in [2.75, 3.05) is 0 Å². The summed E-state index contributed by atoms with van der Waals surface area (Å²) in [5.41, 5.74) is 8.15. The molecule has 1 aromatic carbocycles. The van der Waals surface area contributed by atoms with Crippen molar-refractivity contribution in [3.05, 3.63) is 35.4 Å². The summed E-state index contributed by atoms with van der Waals surface area (Å²) in [5, 5.41) is 8.83. The van der Waals surface area contributed by atoms with Crippen LogP contribution in [-0.4, -0.2) is 17.1 Å². The van der Waals surface area contributed by atoms with Gasteiger partial charge < -0.3 is 10.8 Å². The van der Waals surface area contributed by atoms with Gasteiger partial charge in [-0.25, -0.2) is 0 Å². The molecule has 0 saturated heterocycles. The molecule has 23 heavy (non-hydrogen) atoms. The molecule has 3 N–H and O–H groups in total. The lowest BCUT2D eigenvalue weighted by atomic mass is 9.86. The fraction of sp³-hybridized carbons (Fsp3) is 0.650. The van der Waals surface area contributed by atoms with Gasteiger partial charge in [-0.2, -0.15) is 0 Å². The summed E-state index contributed by atoms with van der Waals surface area (Å²) in [5.74, 6) is -1.06. The maximum absolute atomic E-state index is 10.7. The number of carboxylic acid groups (broad SMARTS) is 1. The van der Waals surface area contributed by atoms with E-state index >= 15 is 0 Å². The van der Waals surface area contributed by atoms with E-state index in [9.17, 15) is 4.79 Å². The third kappa shape index (κ3) is 7.65. The molecule has 1 aliphatic carbocycles. The van der Waals surface area contributed by atoms with Crippen LogP contribution in [0.25, 0.3) is 0 Å². The first-order chi connectivity index (χ1) is 10.7. The van der Waals surface area contributed by atoms with Gasteiger partial charge in [0.05, 0.1) is 5.92 Å². The van der Waals surface area contributed by atoms with Gasteiger partial charge in [0.1, 0.15) is 0 Å². The van der Waals surface area contributed by atoms with E-state index in [4.69, 9.17) is 10.8 Å². The highest BCUT2D eigenvalue weighted by molar-refractivity contribution is 5.69. The van der Waals surface area contributed by atoms with Crippen LogP contribution in [0.2, 0.25) is 0 Å². The molecular formula is C20H33NO2. The van der Waals surface area contributed by atoms with E-state index in [0.717, 1.165) is 5.56 Å². The average Bonchev–Trinajstić information content (AvgIpc) is 2.48. The average molecular weight is 319 g/mol. The molecule has 1 fully saturated rings. The van der Waals surface area contributed by atoms with Crippen LogP contribution in [0.15, 0.2) is 24.3 Å². The van der Waals surface area contributed by atoms with Crippen LogP contribution < -0.4 is 5.73 Å². The van der Waals surface area contributed by atoms with Crippen molar-refractivity contribution < 1.29 is 9.90 Å². The first-order valence-corrected chi connectivity index (χ1v) is 8.78. The molecule has 1 unspecified atom stereocenters. The van der Waals surface area contributed by atoms with Crippen LogP contribution in [0.3, 0.4) is 0 Å². The van der Waals surface area contributed by atoms with Crippen LogP contribution in [0.1, 0.15) is 70.9 Å². The number of rotatable bonds is 3. The highest BCUT2D eigenvalue weighted by atomic mass is 16.4. The van der Waals surface area contributed by atoms with Crippen molar-refractivity contribution in [3.63, 3.8) is 0 Å². The van der Waals surface area contributed by atoms with Gasteiger partial charge in [0, 0.05) is 6.04 Å². The summed E-state index contributed by atoms with van der Waals surface area (Å²) < 4.78 is 0. The summed E-state index contributed by atoms with van der Waals surface area (Å²) in [6.07, 6.45) is 7.26. The number of carboxylic acids is 1. The molecule has 1 saturated carbocycles. The SMILES string of the molecule is CC(Cc1ccc(C(C)(C)C)cc1)C(=O)O.NC1CCCCC1. The van der Waals surface area contributed by atoms with Gasteiger partial charge >= 0.3 is 5.97 Å². The molecule has 0 bridgehead atoms. The zero-order valence-electron chi connectivity index (χ0n) is 15.1. The fourth-order valence-electron chi connectivity index (χ4n) is 2.72. The Balaban J connectivity index is 0.000000313. The number of nitrogens with two attached hydrogens (primary N) is 1. The van der Waals surface area contributed by atoms with Gasteiger partial charge in [0.25, 0.3) is 0 Å². The molecule has 0 aromatic heterocycles. The van der Waals surface area contributed by atoms with E-state index in [1.807, 2.05) is 12.1 Å². The number of hydrogen-bond acceptors (Lipinski definition) is 2. The molecule has 0 radical (unpaired) electrons. The maximum atomic E-state index is 10.7. The topological polar surface area (TPSA) is 63.3 Å². The zero-order chi connectivity index (χ0) is 17.5. The Kier molecular flexibility index (Phi) is 7.77. The normalized spacial score (nSPS) is 17.1. The van der Waals surface area contributed by atoms with E-state index in [2.05, 4.69) is 32.9 Å². The number of aliphatic carboxylic acids is 1. The number of carbonyl (C=O) groups is 1. The Hall–Kier alpha value is -1.35. The maximum Gasteiger partial charge on any atom is 0.306 e. The summed E-state index contributed by atoms with van der Waals surface area (Å²) >= 11 is 0. The summed E-state index contributed by atoms with van der Waals surface area (Å²) in [6, 6.07) is 8.77. The monoisotopic (exact) mass is 319 g/mol. The highest BCUT2D eigenvalue weighted by Crippen LogP contribution is 2.22. The Labute approximate surface area is 141 Å². The molecule has 1 atom stereocenters.